The van der Waals surface area contributed by atoms with Crippen molar-refractivity contribution in [1.82, 2.24) is 0 Å². The normalized spacial score (nSPS) is 25.1. The first-order valence-corrected chi connectivity index (χ1v) is 5.21. The minimum absolute atomic E-state index is 0.00797. The third kappa shape index (κ3) is 3.35. The molecule has 0 N–H and O–H groups in total. The van der Waals surface area contributed by atoms with Gasteiger partial charge in [0.05, 0.1) is 5.92 Å². The van der Waals surface area contributed by atoms with Crippen LogP contribution in [-0.2, 0) is 14.3 Å². The first-order chi connectivity index (χ1) is 7.15. The molecule has 15 heavy (non-hydrogen) atoms. The lowest BCUT2D eigenvalue weighted by Gasteiger charge is -2.14. The lowest BCUT2D eigenvalue weighted by Crippen LogP contribution is -2.23. The summed E-state index contributed by atoms with van der Waals surface area (Å²) in [5.74, 6) is -0.665. The average Bonchev–Trinajstić information content (AvgIpc) is 2.49. The van der Waals surface area contributed by atoms with Crippen LogP contribution in [0.25, 0.3) is 0 Å². The van der Waals surface area contributed by atoms with Gasteiger partial charge in [-0.1, -0.05) is 25.5 Å². The summed E-state index contributed by atoms with van der Waals surface area (Å²) in [6, 6.07) is 0. The van der Waals surface area contributed by atoms with E-state index in [0.29, 0.717) is 0 Å². The average molecular weight is 208 g/mol. The van der Waals surface area contributed by atoms with E-state index in [1.165, 1.54) is 13.0 Å². The Morgan fingerprint density at radius 3 is 2.93 bits per heavy atom. The van der Waals surface area contributed by atoms with Gasteiger partial charge in [0.2, 0.25) is 0 Å². The van der Waals surface area contributed by atoms with Gasteiger partial charge in [0, 0.05) is 6.92 Å². The summed E-state index contributed by atoms with van der Waals surface area (Å²) in [6.45, 7) is 3.42. The van der Waals surface area contributed by atoms with Crippen LogP contribution < -0.4 is 0 Å². The lowest BCUT2D eigenvalue weighted by atomic mass is 10.0. The first-order valence-electron chi connectivity index (χ1n) is 5.21. The van der Waals surface area contributed by atoms with E-state index >= 15 is 0 Å². The Labute approximate surface area is 89.8 Å². The molecule has 0 bridgehead atoms. The fraction of sp³-hybridized carbons (Fsp3) is 0.500. The van der Waals surface area contributed by atoms with E-state index in [1.807, 2.05) is 12.2 Å². The molecular weight excluding hydrogens is 192 g/mol. The summed E-state index contributed by atoms with van der Waals surface area (Å²) in [4.78, 5) is 22.2. The molecule has 3 heteroatoms. The Morgan fingerprint density at radius 1 is 1.60 bits per heavy atom. The van der Waals surface area contributed by atoms with Gasteiger partial charge in [-0.25, -0.2) is 0 Å². The number of allylic oxidation sites excluding steroid dienone is 2. The standard InChI is InChI=1S/C12H16O3/c1-3-4-5-6-10-11(14)7-8-12(10)15-9(2)13/h5-8,10,12H,3-4H2,1-2H3/b6-5-. The summed E-state index contributed by atoms with van der Waals surface area (Å²) in [6.07, 6.45) is 8.49. The van der Waals surface area contributed by atoms with Crippen LogP contribution >= 0.6 is 0 Å². The number of carbonyl (C=O) groups excluding carboxylic acids is 2. The van der Waals surface area contributed by atoms with Crippen LogP contribution in [0.15, 0.2) is 24.3 Å². The maximum Gasteiger partial charge on any atom is 0.303 e. The van der Waals surface area contributed by atoms with E-state index in [0.717, 1.165) is 12.8 Å². The minimum atomic E-state index is -0.414. The van der Waals surface area contributed by atoms with E-state index in [2.05, 4.69) is 6.92 Å². The fourth-order valence-corrected chi connectivity index (χ4v) is 1.50. The smallest absolute Gasteiger partial charge is 0.303 e. The van der Waals surface area contributed by atoms with Gasteiger partial charge in [0.25, 0.3) is 0 Å². The van der Waals surface area contributed by atoms with Crippen LogP contribution in [0.3, 0.4) is 0 Å². The topological polar surface area (TPSA) is 43.4 Å². The second-order valence-electron chi connectivity index (χ2n) is 3.58. The molecule has 0 heterocycles. The van der Waals surface area contributed by atoms with Crippen molar-refractivity contribution in [3.8, 4) is 0 Å². The largest absolute Gasteiger partial charge is 0.457 e. The van der Waals surface area contributed by atoms with E-state index in [9.17, 15) is 9.59 Å². The highest BCUT2D eigenvalue weighted by molar-refractivity contribution is 5.96. The zero-order valence-corrected chi connectivity index (χ0v) is 9.10. The predicted molar refractivity (Wildman–Crippen MR) is 57.2 cm³/mol. The van der Waals surface area contributed by atoms with Gasteiger partial charge < -0.3 is 4.74 Å². The molecule has 0 saturated carbocycles. The number of unbranched alkanes of at least 4 members (excludes halogenated alkanes) is 1. The Bertz CT molecular complexity index is 302. The summed E-state index contributed by atoms with van der Waals surface area (Å²) >= 11 is 0. The van der Waals surface area contributed by atoms with Crippen LogP contribution in [0.4, 0.5) is 0 Å². The molecule has 2 unspecified atom stereocenters. The SMILES string of the molecule is CCC/C=C\C1C(=O)C=CC1OC(C)=O. The highest BCUT2D eigenvalue weighted by atomic mass is 16.5. The monoisotopic (exact) mass is 208 g/mol. The Kier molecular flexibility index (Phi) is 4.28. The van der Waals surface area contributed by atoms with Gasteiger partial charge in [0.1, 0.15) is 6.10 Å². The zero-order valence-electron chi connectivity index (χ0n) is 9.10. The number of rotatable bonds is 4. The van der Waals surface area contributed by atoms with Gasteiger partial charge >= 0.3 is 5.97 Å². The highest BCUT2D eigenvalue weighted by Gasteiger charge is 2.29. The molecule has 0 aromatic carbocycles. The predicted octanol–water partition coefficient (Wildman–Crippen LogP) is 2.03. The van der Waals surface area contributed by atoms with Crippen molar-refractivity contribution >= 4 is 11.8 Å². The molecule has 2 atom stereocenters. The first kappa shape index (κ1) is 11.7. The Hall–Kier alpha value is -1.38. The van der Waals surface area contributed by atoms with Crippen molar-refractivity contribution in [3.63, 3.8) is 0 Å². The van der Waals surface area contributed by atoms with Gasteiger partial charge in [0.15, 0.2) is 5.78 Å². The summed E-state index contributed by atoms with van der Waals surface area (Å²) in [5, 5.41) is 0. The Balaban J connectivity index is 2.59. The molecule has 0 aliphatic heterocycles. The van der Waals surface area contributed by atoms with E-state index in [1.54, 1.807) is 6.08 Å². The number of ketones is 1. The zero-order chi connectivity index (χ0) is 11.3. The van der Waals surface area contributed by atoms with Gasteiger partial charge in [-0.05, 0) is 18.6 Å². The molecule has 1 rings (SSSR count). The maximum absolute atomic E-state index is 11.4. The van der Waals surface area contributed by atoms with Crippen molar-refractivity contribution < 1.29 is 14.3 Å². The van der Waals surface area contributed by atoms with Crippen LogP contribution in [0.2, 0.25) is 0 Å². The van der Waals surface area contributed by atoms with E-state index in [-0.39, 0.29) is 17.7 Å². The molecule has 0 spiro atoms. The van der Waals surface area contributed by atoms with Gasteiger partial charge in [-0.3, -0.25) is 9.59 Å². The molecule has 1 aliphatic rings. The molecule has 0 radical (unpaired) electrons. The van der Waals surface area contributed by atoms with Gasteiger partial charge in [-0.15, -0.1) is 0 Å². The van der Waals surface area contributed by atoms with Gasteiger partial charge in [-0.2, -0.15) is 0 Å². The van der Waals surface area contributed by atoms with Crippen LogP contribution in [0, 0.1) is 5.92 Å². The number of esters is 1. The fourth-order valence-electron chi connectivity index (χ4n) is 1.50. The molecular formula is C12H16O3. The molecule has 1 aliphatic carbocycles. The number of ether oxygens (including phenoxy) is 1. The van der Waals surface area contributed by atoms with Crippen molar-refractivity contribution in [3.05, 3.63) is 24.3 Å². The van der Waals surface area contributed by atoms with Crippen molar-refractivity contribution in [2.45, 2.75) is 32.8 Å². The summed E-state index contributed by atoms with van der Waals surface area (Å²) in [7, 11) is 0. The third-order valence-corrected chi connectivity index (χ3v) is 2.23. The van der Waals surface area contributed by atoms with Crippen molar-refractivity contribution in [1.29, 1.82) is 0 Å². The summed E-state index contributed by atoms with van der Waals surface area (Å²) in [5.41, 5.74) is 0. The number of hydrogen-bond acceptors (Lipinski definition) is 3. The molecule has 82 valence electrons. The van der Waals surface area contributed by atoms with Crippen molar-refractivity contribution in [2.24, 2.45) is 5.92 Å². The molecule has 0 aromatic heterocycles. The summed E-state index contributed by atoms with van der Waals surface area (Å²) < 4.78 is 5.03. The number of hydrogen-bond donors (Lipinski definition) is 0. The second kappa shape index (κ2) is 5.49. The number of carbonyl (C=O) groups is 2. The maximum atomic E-state index is 11.4. The molecule has 3 nitrogen and oxygen atoms in total. The van der Waals surface area contributed by atoms with E-state index < -0.39 is 6.10 Å². The lowest BCUT2D eigenvalue weighted by molar-refractivity contribution is -0.145. The highest BCUT2D eigenvalue weighted by Crippen LogP contribution is 2.20. The van der Waals surface area contributed by atoms with Crippen LogP contribution in [0.1, 0.15) is 26.7 Å². The van der Waals surface area contributed by atoms with Crippen LogP contribution in [-0.4, -0.2) is 17.9 Å². The quantitative estimate of drug-likeness (QED) is 0.524. The van der Waals surface area contributed by atoms with Crippen molar-refractivity contribution in [2.75, 3.05) is 0 Å². The second-order valence-corrected chi connectivity index (χ2v) is 3.58. The minimum Gasteiger partial charge on any atom is -0.457 e. The Morgan fingerprint density at radius 2 is 2.33 bits per heavy atom. The van der Waals surface area contributed by atoms with Crippen LogP contribution in [0.5, 0.6) is 0 Å². The molecule has 0 fully saturated rings. The third-order valence-electron chi connectivity index (χ3n) is 2.23. The molecule has 0 aromatic rings. The van der Waals surface area contributed by atoms with E-state index in [4.69, 9.17) is 4.74 Å². The molecule has 0 saturated heterocycles. The molecule has 0 amide bonds.